The van der Waals surface area contributed by atoms with E-state index in [2.05, 4.69) is 85.0 Å². The molecule has 5 heteroatoms. The van der Waals surface area contributed by atoms with Crippen molar-refractivity contribution in [2.75, 3.05) is 0 Å². The van der Waals surface area contributed by atoms with Crippen LogP contribution < -0.4 is 10.2 Å². The zero-order valence-corrected chi connectivity index (χ0v) is 36.3. The summed E-state index contributed by atoms with van der Waals surface area (Å²) in [6.07, 6.45) is 43.9. The number of carbonyl (C=O) groups is 2. The van der Waals surface area contributed by atoms with E-state index in [9.17, 15) is 19.8 Å². The molecule has 0 heterocycles. The third kappa shape index (κ3) is 39.2. The molecule has 0 aliphatic heterocycles. The van der Waals surface area contributed by atoms with Crippen LogP contribution in [0.1, 0.15) is 191 Å². The second-order valence-corrected chi connectivity index (χ2v) is 14.6. The SMILES string of the molecule is O=C([O-])CCCCCCC/C=C\CCCCCCCCc1ccccc1.O=C([O-])CCCCCCC/C=C\CCCCCCCCc1ccccc1.[Sn+2]. The first-order valence-electron chi connectivity index (χ1n) is 21.4. The van der Waals surface area contributed by atoms with Gasteiger partial charge in [0.25, 0.3) is 0 Å². The quantitative estimate of drug-likeness (QED) is 0.0400. The summed E-state index contributed by atoms with van der Waals surface area (Å²) in [4.78, 5) is 20.6. The molecule has 0 saturated carbocycles. The topological polar surface area (TPSA) is 80.3 Å². The van der Waals surface area contributed by atoms with E-state index in [1.807, 2.05) is 0 Å². The molecule has 0 spiro atoms. The van der Waals surface area contributed by atoms with Gasteiger partial charge >= 0.3 is 23.9 Å². The normalized spacial score (nSPS) is 11.0. The average Bonchev–Trinajstić information content (AvgIpc) is 3.15. The van der Waals surface area contributed by atoms with E-state index in [0.29, 0.717) is 0 Å². The van der Waals surface area contributed by atoms with Gasteiger partial charge in [0, 0.05) is 11.9 Å². The van der Waals surface area contributed by atoms with Crippen molar-refractivity contribution in [3.05, 3.63) is 96.1 Å². The van der Waals surface area contributed by atoms with Crippen LogP contribution in [-0.2, 0) is 22.4 Å². The van der Waals surface area contributed by atoms with E-state index in [-0.39, 0.29) is 36.7 Å². The Hall–Kier alpha value is -2.34. The largest absolute Gasteiger partial charge is 2.00 e. The molecule has 2 aromatic rings. The van der Waals surface area contributed by atoms with Crippen molar-refractivity contribution < 1.29 is 19.8 Å². The Balaban J connectivity index is 0.00000100. The molecule has 0 bridgehead atoms. The van der Waals surface area contributed by atoms with Gasteiger partial charge in [0.15, 0.2) is 0 Å². The number of aliphatic carboxylic acids is 2. The Morgan fingerprint density at radius 3 is 0.887 bits per heavy atom. The Morgan fingerprint density at radius 2 is 0.604 bits per heavy atom. The Morgan fingerprint density at radius 1 is 0.358 bits per heavy atom. The Kier molecular flexibility index (Phi) is 39.0. The maximum atomic E-state index is 10.3. The van der Waals surface area contributed by atoms with Crippen molar-refractivity contribution in [3.63, 3.8) is 0 Å². The van der Waals surface area contributed by atoms with Gasteiger partial charge in [-0.05, 0) is 114 Å². The summed E-state index contributed by atoms with van der Waals surface area (Å²) < 4.78 is 0. The molecule has 4 nitrogen and oxygen atoms in total. The van der Waals surface area contributed by atoms with Crippen molar-refractivity contribution in [2.45, 2.75) is 193 Å². The van der Waals surface area contributed by atoms with Crippen LogP contribution in [0, 0.1) is 0 Å². The van der Waals surface area contributed by atoms with E-state index in [4.69, 9.17) is 0 Å². The molecule has 2 rings (SSSR count). The number of hydrogen-bond acceptors (Lipinski definition) is 4. The van der Waals surface area contributed by atoms with Gasteiger partial charge in [0.2, 0.25) is 0 Å². The summed E-state index contributed by atoms with van der Waals surface area (Å²) in [5, 5.41) is 20.6. The van der Waals surface area contributed by atoms with E-state index in [0.717, 1.165) is 38.5 Å². The predicted molar refractivity (Wildman–Crippen MR) is 224 cm³/mol. The number of allylic oxidation sites excluding steroid dienone is 4. The van der Waals surface area contributed by atoms with E-state index < -0.39 is 11.9 Å². The Bertz CT molecular complexity index is 1030. The summed E-state index contributed by atoms with van der Waals surface area (Å²) in [5.41, 5.74) is 2.94. The molecule has 0 aliphatic carbocycles. The molecule has 0 saturated heterocycles. The predicted octanol–water partition coefficient (Wildman–Crippen LogP) is 11.6. The maximum absolute atomic E-state index is 10.3. The van der Waals surface area contributed by atoms with Crippen molar-refractivity contribution in [1.82, 2.24) is 0 Å². The van der Waals surface area contributed by atoms with Gasteiger partial charge < -0.3 is 19.8 Å². The number of carbonyl (C=O) groups excluding carboxylic acids is 2. The van der Waals surface area contributed by atoms with Crippen LogP contribution in [0.25, 0.3) is 0 Å². The fraction of sp³-hybridized carbons (Fsp3) is 0.625. The van der Waals surface area contributed by atoms with Gasteiger partial charge in [-0.25, -0.2) is 0 Å². The fourth-order valence-electron chi connectivity index (χ4n) is 6.48. The number of carboxylic acids is 2. The first kappa shape index (κ1) is 50.7. The zero-order valence-electron chi connectivity index (χ0n) is 33.4. The van der Waals surface area contributed by atoms with Crippen LogP contribution >= 0.6 is 0 Å². The third-order valence-electron chi connectivity index (χ3n) is 9.69. The average molecular weight is 834 g/mol. The third-order valence-corrected chi connectivity index (χ3v) is 9.69. The number of aryl methyl sites for hydroxylation is 2. The molecule has 0 aromatic heterocycles. The van der Waals surface area contributed by atoms with Gasteiger partial charge in [0.1, 0.15) is 0 Å². The molecule has 0 aliphatic rings. The number of carboxylic acid groups (broad SMARTS) is 2. The number of hydrogen-bond donors (Lipinski definition) is 0. The summed E-state index contributed by atoms with van der Waals surface area (Å²) in [6, 6.07) is 21.6. The van der Waals surface area contributed by atoms with Crippen LogP contribution in [0.2, 0.25) is 0 Å². The molecule has 0 unspecified atom stereocenters. The number of benzene rings is 2. The molecule has 2 radical (unpaired) electrons. The molecule has 0 N–H and O–H groups in total. The molecular formula is C48H74O4Sn. The number of rotatable bonds is 34. The molecule has 53 heavy (non-hydrogen) atoms. The van der Waals surface area contributed by atoms with Gasteiger partial charge in [-0.2, -0.15) is 0 Å². The van der Waals surface area contributed by atoms with Gasteiger partial charge in [-0.3, -0.25) is 0 Å². The van der Waals surface area contributed by atoms with Crippen molar-refractivity contribution in [2.24, 2.45) is 0 Å². The second-order valence-electron chi connectivity index (χ2n) is 14.6. The van der Waals surface area contributed by atoms with Gasteiger partial charge in [0.05, 0.1) is 0 Å². The van der Waals surface area contributed by atoms with Gasteiger partial charge in [-0.15, -0.1) is 0 Å². The minimum atomic E-state index is -0.917. The van der Waals surface area contributed by atoms with Gasteiger partial charge in [-0.1, -0.05) is 175 Å². The zero-order chi connectivity index (χ0) is 37.4. The van der Waals surface area contributed by atoms with Crippen molar-refractivity contribution in [1.29, 1.82) is 0 Å². The molecule has 0 atom stereocenters. The minimum absolute atomic E-state index is 0. The monoisotopic (exact) mass is 834 g/mol. The van der Waals surface area contributed by atoms with Crippen molar-refractivity contribution in [3.8, 4) is 0 Å². The van der Waals surface area contributed by atoms with E-state index in [1.54, 1.807) is 0 Å². The second kappa shape index (κ2) is 40.8. The molecule has 2 aromatic carbocycles. The summed E-state index contributed by atoms with van der Waals surface area (Å²) in [6.45, 7) is 0. The fourth-order valence-corrected chi connectivity index (χ4v) is 6.48. The molecule has 0 fully saturated rings. The summed E-state index contributed by atoms with van der Waals surface area (Å²) >= 11 is 0. The van der Waals surface area contributed by atoms with Crippen LogP contribution in [-0.4, -0.2) is 35.8 Å². The summed E-state index contributed by atoms with van der Waals surface area (Å²) in [5.74, 6) is -1.83. The van der Waals surface area contributed by atoms with Crippen LogP contribution in [0.15, 0.2) is 85.0 Å². The van der Waals surface area contributed by atoms with Crippen molar-refractivity contribution >= 4 is 35.8 Å². The smallest absolute Gasteiger partial charge is 0.550 e. The molecular weight excluding hydrogens is 759 g/mol. The first-order chi connectivity index (χ1) is 25.6. The minimum Gasteiger partial charge on any atom is -0.550 e. The van der Waals surface area contributed by atoms with Crippen LogP contribution in [0.3, 0.4) is 0 Å². The van der Waals surface area contributed by atoms with E-state index >= 15 is 0 Å². The molecule has 294 valence electrons. The first-order valence-corrected chi connectivity index (χ1v) is 21.4. The number of unbranched alkanes of at least 4 members (excludes halogenated alkanes) is 22. The standard InChI is InChI=1S/2C24H38O2.Sn/c2*25-24(26)22-18-13-11-9-7-5-3-1-2-4-6-8-10-12-15-19-23-20-16-14-17-21-23;/h2*1,3,14,16-17,20-21H,2,4-13,15,18-19,22H2,(H,25,26);/q;;+2/p-2/b2*3-1-;. The summed E-state index contributed by atoms with van der Waals surface area (Å²) in [7, 11) is 0. The molecule has 0 amide bonds. The van der Waals surface area contributed by atoms with E-state index in [1.165, 1.54) is 152 Å². The van der Waals surface area contributed by atoms with Crippen LogP contribution in [0.4, 0.5) is 0 Å². The Labute approximate surface area is 342 Å². The van der Waals surface area contributed by atoms with Crippen LogP contribution in [0.5, 0.6) is 0 Å². The maximum Gasteiger partial charge on any atom is 2.00 e.